The van der Waals surface area contributed by atoms with Gasteiger partial charge in [0.05, 0.1) is 6.54 Å². The average molecular weight is 237 g/mol. The summed E-state index contributed by atoms with van der Waals surface area (Å²) in [5.74, 6) is 1.21. The Morgan fingerprint density at radius 2 is 2.18 bits per heavy atom. The molecule has 17 heavy (non-hydrogen) atoms. The molecule has 0 aliphatic heterocycles. The first-order valence-electron chi connectivity index (χ1n) is 5.67. The lowest BCUT2D eigenvalue weighted by Gasteiger charge is -2.14. The van der Waals surface area contributed by atoms with Gasteiger partial charge in [0.25, 0.3) is 0 Å². The molecule has 0 aromatic carbocycles. The Bertz CT molecular complexity index is 391. The van der Waals surface area contributed by atoms with Crippen LogP contribution in [0.1, 0.15) is 32.3 Å². The number of aromatic nitrogens is 2. The third-order valence-electron chi connectivity index (χ3n) is 2.28. The standard InChI is InChI=1S/C11H19N5O/c1-4-13-8(17)5-14-11-9(7(2)3)10(12)15-6-16-11/h6-7H,4-5H2,1-3H3,(H,13,17)(H3,12,14,15,16). The Balaban J connectivity index is 2.77. The zero-order valence-corrected chi connectivity index (χ0v) is 10.4. The van der Waals surface area contributed by atoms with Crippen molar-refractivity contribution >= 4 is 17.5 Å². The van der Waals surface area contributed by atoms with Gasteiger partial charge in [-0.15, -0.1) is 0 Å². The molecule has 0 saturated heterocycles. The van der Waals surface area contributed by atoms with E-state index in [1.165, 1.54) is 6.33 Å². The second-order valence-corrected chi connectivity index (χ2v) is 3.98. The Labute approximate surface area is 101 Å². The van der Waals surface area contributed by atoms with Crippen LogP contribution in [0.15, 0.2) is 6.33 Å². The molecule has 4 N–H and O–H groups in total. The van der Waals surface area contributed by atoms with Gasteiger partial charge >= 0.3 is 0 Å². The minimum atomic E-state index is -0.0700. The van der Waals surface area contributed by atoms with Crippen LogP contribution in [0.25, 0.3) is 0 Å². The lowest BCUT2D eigenvalue weighted by atomic mass is 10.0. The highest BCUT2D eigenvalue weighted by atomic mass is 16.1. The monoisotopic (exact) mass is 237 g/mol. The van der Waals surface area contributed by atoms with E-state index in [-0.39, 0.29) is 18.4 Å². The van der Waals surface area contributed by atoms with Crippen molar-refractivity contribution in [3.8, 4) is 0 Å². The molecule has 0 radical (unpaired) electrons. The van der Waals surface area contributed by atoms with E-state index in [2.05, 4.69) is 20.6 Å². The summed E-state index contributed by atoms with van der Waals surface area (Å²) in [6, 6.07) is 0. The number of nitrogens with two attached hydrogens (primary N) is 1. The zero-order chi connectivity index (χ0) is 12.8. The molecule has 94 valence electrons. The van der Waals surface area contributed by atoms with Crippen LogP contribution < -0.4 is 16.4 Å². The number of anilines is 2. The van der Waals surface area contributed by atoms with Gasteiger partial charge in [-0.25, -0.2) is 9.97 Å². The second kappa shape index (κ2) is 6.03. The van der Waals surface area contributed by atoms with Crippen molar-refractivity contribution in [1.29, 1.82) is 0 Å². The first-order chi connectivity index (χ1) is 8.06. The molecule has 1 aromatic heterocycles. The minimum Gasteiger partial charge on any atom is -0.383 e. The maximum Gasteiger partial charge on any atom is 0.239 e. The highest BCUT2D eigenvalue weighted by Crippen LogP contribution is 2.25. The summed E-state index contributed by atoms with van der Waals surface area (Å²) in [6.45, 7) is 6.69. The molecule has 1 amide bonds. The van der Waals surface area contributed by atoms with Crippen LogP contribution in [0.2, 0.25) is 0 Å². The van der Waals surface area contributed by atoms with Crippen molar-refractivity contribution in [2.45, 2.75) is 26.7 Å². The maximum absolute atomic E-state index is 11.3. The van der Waals surface area contributed by atoms with Gasteiger partial charge in [0.1, 0.15) is 18.0 Å². The number of likely N-dealkylation sites (N-methyl/N-ethyl adjacent to an activating group) is 1. The second-order valence-electron chi connectivity index (χ2n) is 3.98. The molecule has 1 heterocycles. The molecule has 0 saturated carbocycles. The molecule has 0 unspecified atom stereocenters. The Hall–Kier alpha value is -1.85. The third-order valence-corrected chi connectivity index (χ3v) is 2.28. The van der Waals surface area contributed by atoms with Gasteiger partial charge in [-0.3, -0.25) is 4.79 Å². The van der Waals surface area contributed by atoms with Crippen LogP contribution in [0.5, 0.6) is 0 Å². The largest absolute Gasteiger partial charge is 0.383 e. The number of nitrogens with zero attached hydrogens (tertiary/aromatic N) is 2. The van der Waals surface area contributed by atoms with Gasteiger partial charge in [-0.2, -0.15) is 0 Å². The fourth-order valence-electron chi connectivity index (χ4n) is 1.54. The number of rotatable bonds is 5. The first kappa shape index (κ1) is 13.2. The Morgan fingerprint density at radius 3 is 2.76 bits per heavy atom. The van der Waals surface area contributed by atoms with Crippen LogP contribution in [0, 0.1) is 0 Å². The quantitative estimate of drug-likeness (QED) is 0.702. The Morgan fingerprint density at radius 1 is 1.47 bits per heavy atom. The predicted octanol–water partition coefficient (Wildman–Crippen LogP) is 0.730. The van der Waals surface area contributed by atoms with E-state index in [9.17, 15) is 4.79 Å². The van der Waals surface area contributed by atoms with Gasteiger partial charge in [0.2, 0.25) is 5.91 Å². The van der Waals surface area contributed by atoms with E-state index in [0.29, 0.717) is 18.2 Å². The number of amides is 1. The zero-order valence-electron chi connectivity index (χ0n) is 10.4. The molecule has 6 heteroatoms. The van der Waals surface area contributed by atoms with E-state index in [1.54, 1.807) is 0 Å². The summed E-state index contributed by atoms with van der Waals surface area (Å²) >= 11 is 0. The maximum atomic E-state index is 11.3. The lowest BCUT2D eigenvalue weighted by molar-refractivity contribution is -0.119. The molecule has 1 aromatic rings. The van der Waals surface area contributed by atoms with Crippen molar-refractivity contribution in [2.24, 2.45) is 0 Å². The summed E-state index contributed by atoms with van der Waals surface area (Å²) < 4.78 is 0. The summed E-state index contributed by atoms with van der Waals surface area (Å²) in [7, 11) is 0. The molecule has 0 atom stereocenters. The van der Waals surface area contributed by atoms with Gasteiger partial charge in [0.15, 0.2) is 0 Å². The topological polar surface area (TPSA) is 92.9 Å². The molecule has 1 rings (SSSR count). The van der Waals surface area contributed by atoms with E-state index in [0.717, 1.165) is 5.56 Å². The van der Waals surface area contributed by atoms with E-state index in [4.69, 9.17) is 5.73 Å². The van der Waals surface area contributed by atoms with Crippen molar-refractivity contribution in [3.63, 3.8) is 0 Å². The van der Waals surface area contributed by atoms with Crippen LogP contribution in [-0.2, 0) is 4.79 Å². The number of nitrogen functional groups attached to an aromatic ring is 1. The van der Waals surface area contributed by atoms with Crippen LogP contribution in [0.4, 0.5) is 11.6 Å². The SMILES string of the molecule is CCNC(=O)CNc1ncnc(N)c1C(C)C. The predicted molar refractivity (Wildman–Crippen MR) is 67.7 cm³/mol. The summed E-state index contributed by atoms with van der Waals surface area (Å²) in [4.78, 5) is 19.4. The number of carbonyl (C=O) groups is 1. The molecule has 0 bridgehead atoms. The van der Waals surface area contributed by atoms with Crippen molar-refractivity contribution in [1.82, 2.24) is 15.3 Å². The van der Waals surface area contributed by atoms with Crippen LogP contribution >= 0.6 is 0 Å². The van der Waals surface area contributed by atoms with Crippen molar-refractivity contribution < 1.29 is 4.79 Å². The molecule has 0 spiro atoms. The van der Waals surface area contributed by atoms with Crippen molar-refractivity contribution in [2.75, 3.05) is 24.1 Å². The first-order valence-corrected chi connectivity index (χ1v) is 5.67. The van der Waals surface area contributed by atoms with E-state index in [1.807, 2.05) is 20.8 Å². The summed E-state index contributed by atoms with van der Waals surface area (Å²) in [5, 5.41) is 5.68. The smallest absolute Gasteiger partial charge is 0.239 e. The van der Waals surface area contributed by atoms with Gasteiger partial charge in [-0.1, -0.05) is 13.8 Å². The van der Waals surface area contributed by atoms with E-state index >= 15 is 0 Å². The molecule has 0 aliphatic rings. The number of carbonyl (C=O) groups excluding carboxylic acids is 1. The highest BCUT2D eigenvalue weighted by molar-refractivity contribution is 5.80. The normalized spacial score (nSPS) is 10.4. The fourth-order valence-corrected chi connectivity index (χ4v) is 1.54. The van der Waals surface area contributed by atoms with Crippen LogP contribution in [0.3, 0.4) is 0 Å². The molecule has 0 aliphatic carbocycles. The Kier molecular flexibility index (Phi) is 4.68. The van der Waals surface area contributed by atoms with Crippen molar-refractivity contribution in [3.05, 3.63) is 11.9 Å². The van der Waals surface area contributed by atoms with E-state index < -0.39 is 0 Å². The minimum absolute atomic E-state index is 0.0700. The van der Waals surface area contributed by atoms with Gasteiger partial charge in [0, 0.05) is 12.1 Å². The molecule has 6 nitrogen and oxygen atoms in total. The molecule has 0 fully saturated rings. The van der Waals surface area contributed by atoms with Crippen LogP contribution in [-0.4, -0.2) is 29.0 Å². The third kappa shape index (κ3) is 3.58. The van der Waals surface area contributed by atoms with Gasteiger partial charge in [-0.05, 0) is 12.8 Å². The summed E-state index contributed by atoms with van der Waals surface area (Å²) in [5.41, 5.74) is 6.64. The lowest BCUT2D eigenvalue weighted by Crippen LogP contribution is -2.30. The summed E-state index contributed by atoms with van der Waals surface area (Å²) in [6.07, 6.45) is 1.39. The fraction of sp³-hybridized carbons (Fsp3) is 0.545. The molecular weight excluding hydrogens is 218 g/mol. The number of hydrogen-bond donors (Lipinski definition) is 3. The van der Waals surface area contributed by atoms with Gasteiger partial charge < -0.3 is 16.4 Å². The average Bonchev–Trinajstić information content (AvgIpc) is 2.26. The highest BCUT2D eigenvalue weighted by Gasteiger charge is 2.13. The number of nitrogens with one attached hydrogen (secondary N) is 2. The molecular formula is C11H19N5O. The number of hydrogen-bond acceptors (Lipinski definition) is 5.